The molecule has 1 heteroatoms. The van der Waals surface area contributed by atoms with Gasteiger partial charge in [-0.25, -0.2) is 4.39 Å². The summed E-state index contributed by atoms with van der Waals surface area (Å²) >= 11 is 0. The molecule has 0 aliphatic heterocycles. The second-order valence-corrected chi connectivity index (χ2v) is 5.55. The highest BCUT2D eigenvalue weighted by molar-refractivity contribution is 5.24. The molecule has 0 heterocycles. The largest absolute Gasteiger partial charge is 0.247 e. The van der Waals surface area contributed by atoms with Crippen molar-refractivity contribution in [2.75, 3.05) is 0 Å². The van der Waals surface area contributed by atoms with Crippen LogP contribution in [-0.4, -0.2) is 6.17 Å². The Balaban J connectivity index is 2.18. The van der Waals surface area contributed by atoms with Gasteiger partial charge in [0.1, 0.15) is 6.17 Å². The van der Waals surface area contributed by atoms with E-state index in [0.29, 0.717) is 5.92 Å². The zero-order valence-corrected chi connectivity index (χ0v) is 10.2. The van der Waals surface area contributed by atoms with E-state index in [9.17, 15) is 4.39 Å². The molecule has 1 fully saturated rings. The molecule has 2 unspecified atom stereocenters. The van der Waals surface area contributed by atoms with Gasteiger partial charge in [-0.2, -0.15) is 0 Å². The summed E-state index contributed by atoms with van der Waals surface area (Å²) in [6.45, 7) is 4.51. The quantitative estimate of drug-likeness (QED) is 0.688. The van der Waals surface area contributed by atoms with Gasteiger partial charge in [0.15, 0.2) is 0 Å². The van der Waals surface area contributed by atoms with Crippen LogP contribution in [0.15, 0.2) is 30.3 Å². The van der Waals surface area contributed by atoms with E-state index in [1.165, 1.54) is 12.0 Å². The maximum Gasteiger partial charge on any atom is 0.100 e. The van der Waals surface area contributed by atoms with E-state index in [1.807, 2.05) is 6.07 Å². The second-order valence-electron chi connectivity index (χ2n) is 5.55. The highest BCUT2D eigenvalue weighted by Crippen LogP contribution is 2.41. The van der Waals surface area contributed by atoms with E-state index in [1.54, 1.807) is 0 Å². The molecule has 0 saturated heterocycles. The standard InChI is InChI=1S/C15H21F/c1-15(2,12-7-4-3-5-8-12)13-9-6-10-14(16)11-13/h3-5,7-8,13-14H,6,9-11H2,1-2H3. The maximum atomic E-state index is 13.5. The van der Waals surface area contributed by atoms with Gasteiger partial charge in [-0.3, -0.25) is 0 Å². The van der Waals surface area contributed by atoms with E-state index in [0.717, 1.165) is 19.3 Å². The van der Waals surface area contributed by atoms with Gasteiger partial charge in [0.05, 0.1) is 0 Å². The molecule has 2 rings (SSSR count). The fourth-order valence-corrected chi connectivity index (χ4v) is 2.89. The van der Waals surface area contributed by atoms with E-state index < -0.39 is 6.17 Å². The van der Waals surface area contributed by atoms with Crippen molar-refractivity contribution in [3.8, 4) is 0 Å². The van der Waals surface area contributed by atoms with Gasteiger partial charge in [0, 0.05) is 0 Å². The molecular weight excluding hydrogens is 199 g/mol. The van der Waals surface area contributed by atoms with Crippen molar-refractivity contribution in [3.05, 3.63) is 35.9 Å². The summed E-state index contributed by atoms with van der Waals surface area (Å²) < 4.78 is 13.5. The van der Waals surface area contributed by atoms with Crippen LogP contribution in [0.1, 0.15) is 45.1 Å². The van der Waals surface area contributed by atoms with Gasteiger partial charge in [-0.15, -0.1) is 0 Å². The molecule has 1 aliphatic rings. The maximum absolute atomic E-state index is 13.5. The van der Waals surface area contributed by atoms with Crippen molar-refractivity contribution in [3.63, 3.8) is 0 Å². The van der Waals surface area contributed by atoms with E-state index in [4.69, 9.17) is 0 Å². The number of alkyl halides is 1. The molecule has 1 aromatic rings. The van der Waals surface area contributed by atoms with Crippen LogP contribution in [0.2, 0.25) is 0 Å². The summed E-state index contributed by atoms with van der Waals surface area (Å²) in [6, 6.07) is 10.5. The normalized spacial score (nSPS) is 26.7. The van der Waals surface area contributed by atoms with Crippen LogP contribution in [0.3, 0.4) is 0 Å². The Morgan fingerprint density at radius 1 is 1.12 bits per heavy atom. The van der Waals surface area contributed by atoms with E-state index >= 15 is 0 Å². The molecule has 0 spiro atoms. The van der Waals surface area contributed by atoms with Crippen LogP contribution in [-0.2, 0) is 5.41 Å². The lowest BCUT2D eigenvalue weighted by Gasteiger charge is -2.38. The first-order valence-corrected chi connectivity index (χ1v) is 6.30. The highest BCUT2D eigenvalue weighted by Gasteiger charge is 2.34. The Hall–Kier alpha value is -0.850. The molecule has 88 valence electrons. The number of hydrogen-bond acceptors (Lipinski definition) is 0. The predicted octanol–water partition coefficient (Wildman–Crippen LogP) is 4.49. The summed E-state index contributed by atoms with van der Waals surface area (Å²) in [6.07, 6.45) is 3.13. The van der Waals surface area contributed by atoms with Crippen LogP contribution in [0.4, 0.5) is 4.39 Å². The minimum Gasteiger partial charge on any atom is -0.247 e. The van der Waals surface area contributed by atoms with Crippen LogP contribution in [0.5, 0.6) is 0 Å². The summed E-state index contributed by atoms with van der Waals surface area (Å²) in [5, 5.41) is 0. The zero-order chi connectivity index (χ0) is 11.6. The zero-order valence-electron chi connectivity index (χ0n) is 10.2. The topological polar surface area (TPSA) is 0 Å². The Kier molecular flexibility index (Phi) is 3.32. The van der Waals surface area contributed by atoms with Crippen molar-refractivity contribution >= 4 is 0 Å². The van der Waals surface area contributed by atoms with Crippen molar-refractivity contribution in [2.45, 2.75) is 51.1 Å². The van der Waals surface area contributed by atoms with Crippen LogP contribution >= 0.6 is 0 Å². The Morgan fingerprint density at radius 3 is 2.44 bits per heavy atom. The van der Waals surface area contributed by atoms with E-state index in [-0.39, 0.29) is 5.41 Å². The predicted molar refractivity (Wildman–Crippen MR) is 66.3 cm³/mol. The summed E-state index contributed by atoms with van der Waals surface area (Å²) in [4.78, 5) is 0. The average molecular weight is 220 g/mol. The van der Waals surface area contributed by atoms with Crippen molar-refractivity contribution < 1.29 is 4.39 Å². The van der Waals surface area contributed by atoms with Crippen LogP contribution < -0.4 is 0 Å². The fourth-order valence-electron chi connectivity index (χ4n) is 2.89. The van der Waals surface area contributed by atoms with Crippen LogP contribution in [0, 0.1) is 5.92 Å². The second kappa shape index (κ2) is 4.57. The smallest absolute Gasteiger partial charge is 0.100 e. The van der Waals surface area contributed by atoms with Gasteiger partial charge in [0.2, 0.25) is 0 Å². The average Bonchev–Trinajstić information content (AvgIpc) is 2.30. The third kappa shape index (κ3) is 2.28. The first-order chi connectivity index (χ1) is 7.60. The summed E-state index contributed by atoms with van der Waals surface area (Å²) in [5.41, 5.74) is 1.44. The first kappa shape index (κ1) is 11.6. The van der Waals surface area contributed by atoms with Gasteiger partial charge in [-0.1, -0.05) is 50.6 Å². The lowest BCUT2D eigenvalue weighted by Crippen LogP contribution is -2.33. The molecule has 1 saturated carbocycles. The van der Waals surface area contributed by atoms with Gasteiger partial charge in [-0.05, 0) is 36.2 Å². The molecular formula is C15H21F. The number of rotatable bonds is 2. The Bertz CT molecular complexity index is 329. The minimum absolute atomic E-state index is 0.103. The van der Waals surface area contributed by atoms with Crippen molar-refractivity contribution in [1.82, 2.24) is 0 Å². The molecule has 0 radical (unpaired) electrons. The summed E-state index contributed by atoms with van der Waals surface area (Å²) in [7, 11) is 0. The Labute approximate surface area is 97.9 Å². The number of hydrogen-bond donors (Lipinski definition) is 0. The highest BCUT2D eigenvalue weighted by atomic mass is 19.1. The van der Waals surface area contributed by atoms with Crippen molar-refractivity contribution in [1.29, 1.82) is 0 Å². The molecule has 0 N–H and O–H groups in total. The molecule has 2 atom stereocenters. The molecule has 0 nitrogen and oxygen atoms in total. The molecule has 1 aromatic carbocycles. The SMILES string of the molecule is CC(C)(c1ccccc1)C1CCCC(F)C1. The molecule has 0 aromatic heterocycles. The van der Waals surface area contributed by atoms with Gasteiger partial charge < -0.3 is 0 Å². The number of halogens is 1. The lowest BCUT2D eigenvalue weighted by atomic mass is 9.67. The van der Waals surface area contributed by atoms with Gasteiger partial charge in [0.25, 0.3) is 0 Å². The fraction of sp³-hybridized carbons (Fsp3) is 0.600. The Morgan fingerprint density at radius 2 is 1.81 bits per heavy atom. The van der Waals surface area contributed by atoms with E-state index in [2.05, 4.69) is 38.1 Å². The van der Waals surface area contributed by atoms with Crippen LogP contribution in [0.25, 0.3) is 0 Å². The van der Waals surface area contributed by atoms with Gasteiger partial charge >= 0.3 is 0 Å². The lowest BCUT2D eigenvalue weighted by molar-refractivity contribution is 0.147. The summed E-state index contributed by atoms with van der Waals surface area (Å²) in [5.74, 6) is 0.485. The third-order valence-electron chi connectivity index (χ3n) is 4.15. The molecule has 0 bridgehead atoms. The monoisotopic (exact) mass is 220 g/mol. The molecule has 16 heavy (non-hydrogen) atoms. The molecule has 1 aliphatic carbocycles. The first-order valence-electron chi connectivity index (χ1n) is 6.30. The molecule has 0 amide bonds. The van der Waals surface area contributed by atoms with Crippen molar-refractivity contribution in [2.24, 2.45) is 5.92 Å². The minimum atomic E-state index is -0.582. The number of benzene rings is 1. The third-order valence-corrected chi connectivity index (χ3v) is 4.15.